The number of aliphatic hydroxyl groups excluding tert-OH is 1. The zero-order valence-corrected chi connectivity index (χ0v) is 9.69. The standard InChI is InChI=1S/C12H19N3O/c1-13-12-7-11(4-5-14-12)15-6-2-3-10(8-15)9-16/h4-5,7,10,16H,2-3,6,8-9H2,1H3,(H,13,14). The minimum Gasteiger partial charge on any atom is -0.396 e. The molecule has 1 aromatic heterocycles. The molecule has 0 bridgehead atoms. The van der Waals surface area contributed by atoms with Crippen LogP contribution in [0, 0.1) is 5.92 Å². The van der Waals surface area contributed by atoms with Crippen molar-refractivity contribution in [2.75, 3.05) is 37.0 Å². The lowest BCUT2D eigenvalue weighted by atomic mass is 9.99. The van der Waals surface area contributed by atoms with E-state index >= 15 is 0 Å². The van der Waals surface area contributed by atoms with Gasteiger partial charge >= 0.3 is 0 Å². The summed E-state index contributed by atoms with van der Waals surface area (Å²) in [7, 11) is 1.87. The summed E-state index contributed by atoms with van der Waals surface area (Å²) in [6, 6.07) is 4.08. The van der Waals surface area contributed by atoms with E-state index in [4.69, 9.17) is 0 Å². The van der Waals surface area contributed by atoms with Crippen LogP contribution in [0.1, 0.15) is 12.8 Å². The number of hydrogen-bond acceptors (Lipinski definition) is 4. The average Bonchev–Trinajstić information content (AvgIpc) is 2.39. The molecule has 0 radical (unpaired) electrons. The van der Waals surface area contributed by atoms with Gasteiger partial charge in [0.2, 0.25) is 0 Å². The summed E-state index contributed by atoms with van der Waals surface area (Å²) in [4.78, 5) is 6.53. The maximum absolute atomic E-state index is 9.21. The van der Waals surface area contributed by atoms with Crippen LogP contribution >= 0.6 is 0 Å². The summed E-state index contributed by atoms with van der Waals surface area (Å²) in [5.41, 5.74) is 1.19. The van der Waals surface area contributed by atoms with E-state index in [0.717, 1.165) is 31.7 Å². The zero-order valence-electron chi connectivity index (χ0n) is 9.69. The number of nitrogens with zero attached hydrogens (tertiary/aromatic N) is 2. The molecule has 2 rings (SSSR count). The molecule has 0 aliphatic carbocycles. The van der Waals surface area contributed by atoms with Gasteiger partial charge in [0.05, 0.1) is 0 Å². The molecule has 0 spiro atoms. The molecular formula is C12H19N3O. The molecule has 1 aliphatic heterocycles. The molecule has 16 heavy (non-hydrogen) atoms. The van der Waals surface area contributed by atoms with Crippen molar-refractivity contribution in [2.24, 2.45) is 5.92 Å². The predicted molar refractivity (Wildman–Crippen MR) is 65.8 cm³/mol. The highest BCUT2D eigenvalue weighted by molar-refractivity contribution is 5.53. The Kier molecular flexibility index (Phi) is 3.62. The second kappa shape index (κ2) is 5.16. The lowest BCUT2D eigenvalue weighted by molar-refractivity contribution is 0.209. The smallest absolute Gasteiger partial charge is 0.127 e. The molecule has 0 saturated carbocycles. The van der Waals surface area contributed by atoms with Gasteiger partial charge in [0.25, 0.3) is 0 Å². The van der Waals surface area contributed by atoms with Gasteiger partial charge in [-0.1, -0.05) is 0 Å². The van der Waals surface area contributed by atoms with Crippen LogP contribution in [0.15, 0.2) is 18.3 Å². The van der Waals surface area contributed by atoms with Crippen LogP contribution in [0.4, 0.5) is 11.5 Å². The lowest BCUT2D eigenvalue weighted by Crippen LogP contribution is -2.36. The Labute approximate surface area is 96.3 Å². The fraction of sp³-hybridized carbons (Fsp3) is 0.583. The van der Waals surface area contributed by atoms with Crippen molar-refractivity contribution < 1.29 is 5.11 Å². The first-order valence-corrected chi connectivity index (χ1v) is 5.83. The fourth-order valence-electron chi connectivity index (χ4n) is 2.20. The van der Waals surface area contributed by atoms with Crippen molar-refractivity contribution in [3.8, 4) is 0 Å². The molecule has 88 valence electrons. The summed E-state index contributed by atoms with van der Waals surface area (Å²) in [5.74, 6) is 1.31. The highest BCUT2D eigenvalue weighted by atomic mass is 16.3. The van der Waals surface area contributed by atoms with Gasteiger partial charge in [-0.15, -0.1) is 0 Å². The summed E-state index contributed by atoms with van der Waals surface area (Å²) in [6.07, 6.45) is 4.11. The summed E-state index contributed by atoms with van der Waals surface area (Å²) in [5, 5.41) is 12.2. The second-order valence-corrected chi connectivity index (χ2v) is 4.29. The Morgan fingerprint density at radius 3 is 3.25 bits per heavy atom. The van der Waals surface area contributed by atoms with Crippen molar-refractivity contribution in [2.45, 2.75) is 12.8 Å². The number of aliphatic hydroxyl groups is 1. The molecule has 1 unspecified atom stereocenters. The molecule has 1 saturated heterocycles. The van der Waals surface area contributed by atoms with Gasteiger partial charge in [-0.2, -0.15) is 0 Å². The molecular weight excluding hydrogens is 202 g/mol. The summed E-state index contributed by atoms with van der Waals surface area (Å²) in [6.45, 7) is 2.31. The van der Waals surface area contributed by atoms with Crippen molar-refractivity contribution in [1.82, 2.24) is 4.98 Å². The highest BCUT2D eigenvalue weighted by Crippen LogP contribution is 2.23. The van der Waals surface area contributed by atoms with Crippen molar-refractivity contribution >= 4 is 11.5 Å². The van der Waals surface area contributed by atoms with Crippen LogP contribution in [0.2, 0.25) is 0 Å². The van der Waals surface area contributed by atoms with Gasteiger partial charge < -0.3 is 15.3 Å². The van der Waals surface area contributed by atoms with Gasteiger partial charge in [-0.25, -0.2) is 4.98 Å². The van der Waals surface area contributed by atoms with E-state index in [1.54, 1.807) is 0 Å². The van der Waals surface area contributed by atoms with E-state index in [2.05, 4.69) is 21.3 Å². The monoisotopic (exact) mass is 221 g/mol. The molecule has 1 fully saturated rings. The maximum atomic E-state index is 9.21. The Bertz CT molecular complexity index is 343. The summed E-state index contributed by atoms with van der Waals surface area (Å²) < 4.78 is 0. The molecule has 1 aliphatic rings. The van der Waals surface area contributed by atoms with E-state index in [9.17, 15) is 5.11 Å². The first-order chi connectivity index (χ1) is 7.83. The van der Waals surface area contributed by atoms with Gasteiger partial charge in [-0.05, 0) is 24.8 Å². The molecule has 2 N–H and O–H groups in total. The number of pyridine rings is 1. The van der Waals surface area contributed by atoms with Crippen LogP contribution < -0.4 is 10.2 Å². The van der Waals surface area contributed by atoms with Crippen LogP contribution in [-0.2, 0) is 0 Å². The molecule has 4 heteroatoms. The Morgan fingerprint density at radius 1 is 1.62 bits per heavy atom. The number of nitrogens with one attached hydrogen (secondary N) is 1. The normalized spacial score (nSPS) is 20.9. The number of aromatic nitrogens is 1. The molecule has 1 atom stereocenters. The second-order valence-electron chi connectivity index (χ2n) is 4.29. The van der Waals surface area contributed by atoms with Crippen LogP contribution in [0.3, 0.4) is 0 Å². The SMILES string of the molecule is CNc1cc(N2CCCC(CO)C2)ccn1. The minimum atomic E-state index is 0.292. The van der Waals surface area contributed by atoms with Gasteiger partial charge in [0.15, 0.2) is 0 Å². The minimum absolute atomic E-state index is 0.292. The van der Waals surface area contributed by atoms with E-state index in [0.29, 0.717) is 12.5 Å². The van der Waals surface area contributed by atoms with E-state index in [-0.39, 0.29) is 0 Å². The first-order valence-electron chi connectivity index (χ1n) is 5.83. The predicted octanol–water partition coefficient (Wildman–Crippen LogP) is 1.33. The largest absolute Gasteiger partial charge is 0.396 e. The number of rotatable bonds is 3. The van der Waals surface area contributed by atoms with E-state index in [1.165, 1.54) is 5.69 Å². The van der Waals surface area contributed by atoms with Gasteiger partial charge in [0, 0.05) is 44.7 Å². The first kappa shape index (κ1) is 11.2. The topological polar surface area (TPSA) is 48.4 Å². The molecule has 1 aromatic rings. The maximum Gasteiger partial charge on any atom is 0.127 e. The number of anilines is 2. The Morgan fingerprint density at radius 2 is 2.50 bits per heavy atom. The van der Waals surface area contributed by atoms with Crippen LogP contribution in [-0.4, -0.2) is 36.8 Å². The molecule has 2 heterocycles. The quantitative estimate of drug-likeness (QED) is 0.808. The van der Waals surface area contributed by atoms with Crippen molar-refractivity contribution in [1.29, 1.82) is 0 Å². The van der Waals surface area contributed by atoms with Crippen molar-refractivity contribution in [3.63, 3.8) is 0 Å². The molecule has 0 amide bonds. The number of piperidine rings is 1. The Balaban J connectivity index is 2.10. The third-order valence-corrected chi connectivity index (χ3v) is 3.14. The molecule has 0 aromatic carbocycles. The van der Waals surface area contributed by atoms with E-state index < -0.39 is 0 Å². The van der Waals surface area contributed by atoms with Gasteiger partial charge in [0.1, 0.15) is 5.82 Å². The summed E-state index contributed by atoms with van der Waals surface area (Å²) >= 11 is 0. The lowest BCUT2D eigenvalue weighted by Gasteiger charge is -2.33. The van der Waals surface area contributed by atoms with Crippen molar-refractivity contribution in [3.05, 3.63) is 18.3 Å². The molecule has 4 nitrogen and oxygen atoms in total. The third kappa shape index (κ3) is 2.44. The van der Waals surface area contributed by atoms with E-state index in [1.807, 2.05) is 19.3 Å². The van der Waals surface area contributed by atoms with Crippen LogP contribution in [0.5, 0.6) is 0 Å². The zero-order chi connectivity index (χ0) is 11.4. The third-order valence-electron chi connectivity index (χ3n) is 3.14. The van der Waals surface area contributed by atoms with Crippen LogP contribution in [0.25, 0.3) is 0 Å². The average molecular weight is 221 g/mol. The Hall–Kier alpha value is -1.29. The highest BCUT2D eigenvalue weighted by Gasteiger charge is 2.19. The fourth-order valence-corrected chi connectivity index (χ4v) is 2.20. The van der Waals surface area contributed by atoms with Gasteiger partial charge in [-0.3, -0.25) is 0 Å². The number of hydrogen-bond donors (Lipinski definition) is 2.